The van der Waals surface area contributed by atoms with Crippen LogP contribution in [-0.4, -0.2) is 51.3 Å². The van der Waals surface area contributed by atoms with E-state index in [2.05, 4.69) is 10.6 Å². The first-order valence-corrected chi connectivity index (χ1v) is 12.1. The molecule has 0 fully saturated rings. The quantitative estimate of drug-likeness (QED) is 0.478. The third kappa shape index (κ3) is 6.69. The number of sulfonamides is 1. The number of carbonyl (C=O) groups excluding carboxylic acids is 2. The van der Waals surface area contributed by atoms with Gasteiger partial charge in [0.15, 0.2) is 0 Å². The normalized spacial score (nSPS) is 11.3. The molecule has 2 amide bonds. The molecule has 0 spiro atoms. The van der Waals surface area contributed by atoms with E-state index in [1.165, 1.54) is 16.4 Å². The molecule has 0 aromatic heterocycles. The largest absolute Gasteiger partial charge is 0.497 e. The minimum absolute atomic E-state index is 0.0487. The van der Waals surface area contributed by atoms with E-state index in [0.717, 1.165) is 0 Å². The van der Waals surface area contributed by atoms with Gasteiger partial charge in [-0.15, -0.1) is 0 Å². The molecule has 0 bridgehead atoms. The SMILES string of the molecule is CCN(CC)S(=O)(=O)c1cc(NC(=O)CCCNC(=O)c2ccc(OC)cc2)ccc1Cl. The van der Waals surface area contributed by atoms with Crippen molar-refractivity contribution in [3.63, 3.8) is 0 Å². The van der Waals surface area contributed by atoms with Gasteiger partial charge in [-0.2, -0.15) is 4.31 Å². The van der Waals surface area contributed by atoms with Crippen molar-refractivity contribution >= 4 is 39.1 Å². The number of ether oxygens (including phenoxy) is 1. The van der Waals surface area contributed by atoms with Gasteiger partial charge in [-0.3, -0.25) is 9.59 Å². The molecule has 2 N–H and O–H groups in total. The highest BCUT2D eigenvalue weighted by atomic mass is 35.5. The summed E-state index contributed by atoms with van der Waals surface area (Å²) in [4.78, 5) is 24.3. The summed E-state index contributed by atoms with van der Waals surface area (Å²) in [6.07, 6.45) is 0.579. The predicted octanol–water partition coefficient (Wildman–Crippen LogP) is 3.53. The number of anilines is 1. The van der Waals surface area contributed by atoms with Crippen LogP contribution in [0.2, 0.25) is 5.02 Å². The first kappa shape index (κ1) is 25.6. The highest BCUT2D eigenvalue weighted by Gasteiger charge is 2.25. The van der Waals surface area contributed by atoms with Crippen LogP contribution in [0.1, 0.15) is 37.0 Å². The number of benzene rings is 2. The lowest BCUT2D eigenvalue weighted by Gasteiger charge is -2.19. The molecule has 2 aromatic carbocycles. The lowest BCUT2D eigenvalue weighted by atomic mass is 10.2. The van der Waals surface area contributed by atoms with E-state index in [1.807, 2.05) is 0 Å². The first-order valence-electron chi connectivity index (χ1n) is 10.2. The van der Waals surface area contributed by atoms with Gasteiger partial charge in [0.2, 0.25) is 15.9 Å². The number of hydrogen-bond acceptors (Lipinski definition) is 5. The molecule has 32 heavy (non-hydrogen) atoms. The number of amides is 2. The minimum Gasteiger partial charge on any atom is -0.497 e. The zero-order valence-electron chi connectivity index (χ0n) is 18.4. The molecule has 0 unspecified atom stereocenters. The second kappa shape index (κ2) is 11.8. The molecular weight excluding hydrogens is 454 g/mol. The molecule has 10 heteroatoms. The molecule has 0 aliphatic carbocycles. The summed E-state index contributed by atoms with van der Waals surface area (Å²) in [5, 5.41) is 5.53. The lowest BCUT2D eigenvalue weighted by molar-refractivity contribution is -0.116. The fourth-order valence-electron chi connectivity index (χ4n) is 3.00. The van der Waals surface area contributed by atoms with Crippen LogP contribution in [0.25, 0.3) is 0 Å². The Morgan fingerprint density at radius 3 is 2.31 bits per heavy atom. The Kier molecular flexibility index (Phi) is 9.49. The van der Waals surface area contributed by atoms with Crippen molar-refractivity contribution in [2.45, 2.75) is 31.6 Å². The molecule has 0 heterocycles. The maximum absolute atomic E-state index is 12.8. The maximum Gasteiger partial charge on any atom is 0.251 e. The van der Waals surface area contributed by atoms with Crippen LogP contribution in [0, 0.1) is 0 Å². The first-order chi connectivity index (χ1) is 15.2. The smallest absolute Gasteiger partial charge is 0.251 e. The van der Waals surface area contributed by atoms with E-state index < -0.39 is 10.0 Å². The Labute approximate surface area is 193 Å². The summed E-state index contributed by atoms with van der Waals surface area (Å²) in [5.41, 5.74) is 0.839. The van der Waals surface area contributed by atoms with Gasteiger partial charge in [0, 0.05) is 37.3 Å². The van der Waals surface area contributed by atoms with Gasteiger partial charge in [0.1, 0.15) is 10.6 Å². The number of rotatable bonds is 11. The molecule has 0 radical (unpaired) electrons. The summed E-state index contributed by atoms with van der Waals surface area (Å²) in [5.74, 6) is 0.127. The van der Waals surface area contributed by atoms with Gasteiger partial charge in [0.25, 0.3) is 5.91 Å². The van der Waals surface area contributed by atoms with Crippen LogP contribution >= 0.6 is 11.6 Å². The molecule has 0 aliphatic heterocycles. The van der Waals surface area contributed by atoms with E-state index in [1.54, 1.807) is 51.3 Å². The molecule has 2 aromatic rings. The van der Waals surface area contributed by atoms with Gasteiger partial charge in [-0.25, -0.2) is 8.42 Å². The van der Waals surface area contributed by atoms with E-state index in [9.17, 15) is 18.0 Å². The molecule has 0 saturated carbocycles. The van der Waals surface area contributed by atoms with Crippen molar-refractivity contribution in [2.75, 3.05) is 32.1 Å². The van der Waals surface area contributed by atoms with Crippen LogP contribution in [0.4, 0.5) is 5.69 Å². The number of halogens is 1. The van der Waals surface area contributed by atoms with Crippen LogP contribution in [0.3, 0.4) is 0 Å². The summed E-state index contributed by atoms with van der Waals surface area (Å²) in [6.45, 7) is 4.44. The predicted molar refractivity (Wildman–Crippen MR) is 125 cm³/mol. The molecular formula is C22H28ClN3O5S. The fourth-order valence-corrected chi connectivity index (χ4v) is 4.96. The Bertz CT molecular complexity index is 1040. The van der Waals surface area contributed by atoms with E-state index in [4.69, 9.17) is 16.3 Å². The minimum atomic E-state index is -3.76. The van der Waals surface area contributed by atoms with E-state index in [0.29, 0.717) is 43.1 Å². The third-order valence-electron chi connectivity index (χ3n) is 4.76. The second-order valence-electron chi connectivity index (χ2n) is 6.87. The topological polar surface area (TPSA) is 105 Å². The van der Waals surface area contributed by atoms with Crippen LogP contribution in [0.5, 0.6) is 5.75 Å². The summed E-state index contributed by atoms with van der Waals surface area (Å²) in [6, 6.07) is 11.1. The highest BCUT2D eigenvalue weighted by Crippen LogP contribution is 2.27. The Hall–Kier alpha value is -2.62. The van der Waals surface area contributed by atoms with Gasteiger partial charge in [0.05, 0.1) is 12.1 Å². The van der Waals surface area contributed by atoms with Gasteiger partial charge >= 0.3 is 0 Å². The summed E-state index contributed by atoms with van der Waals surface area (Å²) in [7, 11) is -2.21. The molecule has 174 valence electrons. The van der Waals surface area contributed by atoms with E-state index in [-0.39, 0.29) is 28.2 Å². The van der Waals surface area contributed by atoms with Crippen molar-refractivity contribution in [2.24, 2.45) is 0 Å². The van der Waals surface area contributed by atoms with E-state index >= 15 is 0 Å². The Morgan fingerprint density at radius 2 is 1.72 bits per heavy atom. The third-order valence-corrected chi connectivity index (χ3v) is 7.29. The van der Waals surface area contributed by atoms with Crippen molar-refractivity contribution < 1.29 is 22.7 Å². The number of hydrogen-bond donors (Lipinski definition) is 2. The Balaban J connectivity index is 1.89. The standard InChI is InChI=1S/C22H28ClN3O5S/c1-4-26(5-2)32(29,30)20-15-17(10-13-19(20)23)25-21(27)7-6-14-24-22(28)16-8-11-18(31-3)12-9-16/h8-13,15H,4-7,14H2,1-3H3,(H,24,28)(H,25,27). The lowest BCUT2D eigenvalue weighted by Crippen LogP contribution is -2.31. The van der Waals surface area contributed by atoms with Crippen molar-refractivity contribution in [1.82, 2.24) is 9.62 Å². The number of nitrogens with zero attached hydrogens (tertiary/aromatic N) is 1. The average Bonchev–Trinajstić information content (AvgIpc) is 2.78. The van der Waals surface area contributed by atoms with Gasteiger partial charge in [-0.05, 0) is 48.9 Å². The fraction of sp³-hybridized carbons (Fsp3) is 0.364. The zero-order valence-corrected chi connectivity index (χ0v) is 19.9. The van der Waals surface area contributed by atoms with Crippen molar-refractivity contribution in [1.29, 1.82) is 0 Å². The molecule has 0 aliphatic rings. The summed E-state index contributed by atoms with van der Waals surface area (Å²) < 4.78 is 31.9. The highest BCUT2D eigenvalue weighted by molar-refractivity contribution is 7.89. The molecule has 2 rings (SSSR count). The average molecular weight is 482 g/mol. The van der Waals surface area contributed by atoms with Gasteiger partial charge in [-0.1, -0.05) is 25.4 Å². The van der Waals surface area contributed by atoms with Crippen LogP contribution in [-0.2, 0) is 14.8 Å². The second-order valence-corrected chi connectivity index (χ2v) is 9.18. The van der Waals surface area contributed by atoms with Crippen molar-refractivity contribution in [3.05, 3.63) is 53.1 Å². The Morgan fingerprint density at radius 1 is 1.06 bits per heavy atom. The number of methoxy groups -OCH3 is 1. The number of nitrogens with one attached hydrogen (secondary N) is 2. The van der Waals surface area contributed by atoms with Gasteiger partial charge < -0.3 is 15.4 Å². The zero-order chi connectivity index (χ0) is 23.7. The molecule has 0 atom stereocenters. The number of carbonyl (C=O) groups is 2. The monoisotopic (exact) mass is 481 g/mol. The molecule has 8 nitrogen and oxygen atoms in total. The maximum atomic E-state index is 12.8. The van der Waals surface area contributed by atoms with Crippen molar-refractivity contribution in [3.8, 4) is 5.75 Å². The van der Waals surface area contributed by atoms with Crippen LogP contribution in [0.15, 0.2) is 47.4 Å². The molecule has 0 saturated heterocycles. The summed E-state index contributed by atoms with van der Waals surface area (Å²) >= 11 is 6.11. The van der Waals surface area contributed by atoms with Crippen LogP contribution < -0.4 is 15.4 Å².